The highest BCUT2D eigenvalue weighted by atomic mass is 35.5. The Kier molecular flexibility index (Phi) is 5.62. The molecule has 1 amide bonds. The molecule has 1 aromatic carbocycles. The largest absolute Gasteiger partial charge is 0.484 e. The van der Waals surface area contributed by atoms with Crippen LogP contribution in [-0.4, -0.2) is 63.3 Å². The van der Waals surface area contributed by atoms with Gasteiger partial charge >= 0.3 is 0 Å². The Hall–Kier alpha value is -3.07. The molecule has 3 aromatic rings. The molecule has 9 nitrogen and oxygen atoms in total. The van der Waals surface area contributed by atoms with Crippen molar-refractivity contribution >= 4 is 34.5 Å². The zero-order valence-electron chi connectivity index (χ0n) is 17.8. The van der Waals surface area contributed by atoms with Gasteiger partial charge in [0.15, 0.2) is 12.3 Å². The number of amides is 1. The van der Waals surface area contributed by atoms with Gasteiger partial charge in [-0.2, -0.15) is 10.1 Å². The summed E-state index contributed by atoms with van der Waals surface area (Å²) in [5.74, 6) is 1.01. The van der Waals surface area contributed by atoms with E-state index < -0.39 is 0 Å². The van der Waals surface area contributed by atoms with Crippen LogP contribution in [0.15, 0.2) is 35.3 Å². The number of nitrogens with one attached hydrogen (secondary N) is 1. The molecule has 0 spiro atoms. The van der Waals surface area contributed by atoms with Gasteiger partial charge in [0.2, 0.25) is 5.95 Å². The second-order valence-electron chi connectivity index (χ2n) is 8.46. The molecule has 0 radical (unpaired) electrons. The fourth-order valence-electron chi connectivity index (χ4n) is 3.48. The van der Waals surface area contributed by atoms with Crippen molar-refractivity contribution in [1.82, 2.24) is 24.6 Å². The van der Waals surface area contributed by atoms with Gasteiger partial charge in [-0.25, -0.2) is 4.68 Å². The third kappa shape index (κ3) is 4.51. The van der Waals surface area contributed by atoms with Crippen LogP contribution < -0.4 is 15.2 Å². The average molecular weight is 445 g/mol. The van der Waals surface area contributed by atoms with Crippen LogP contribution in [0.3, 0.4) is 0 Å². The average Bonchev–Trinajstić information content (AvgIpc) is 3.18. The lowest BCUT2D eigenvalue weighted by molar-refractivity contribution is -0.133. The molecule has 31 heavy (non-hydrogen) atoms. The Labute approximate surface area is 184 Å². The first kappa shape index (κ1) is 21.2. The van der Waals surface area contributed by atoms with Crippen LogP contribution in [0.25, 0.3) is 11.0 Å². The Bertz CT molecular complexity index is 1140. The number of fused-ring (bicyclic) bond motifs is 1. The third-order valence-corrected chi connectivity index (χ3v) is 5.42. The van der Waals surface area contributed by atoms with Crippen LogP contribution in [0.4, 0.5) is 5.95 Å². The van der Waals surface area contributed by atoms with Crippen molar-refractivity contribution in [2.24, 2.45) is 0 Å². The number of hydrogen-bond donors (Lipinski definition) is 1. The topological polar surface area (TPSA) is 96.4 Å². The molecule has 3 heterocycles. The summed E-state index contributed by atoms with van der Waals surface area (Å²) < 4.78 is 7.31. The maximum absolute atomic E-state index is 12.5. The number of halogens is 1. The van der Waals surface area contributed by atoms with E-state index in [4.69, 9.17) is 16.3 Å². The number of H-pyrrole nitrogens is 1. The van der Waals surface area contributed by atoms with Gasteiger partial charge < -0.3 is 14.5 Å². The van der Waals surface area contributed by atoms with E-state index in [0.717, 1.165) is 0 Å². The molecule has 10 heteroatoms. The molecular formula is C21H25ClN6O3. The summed E-state index contributed by atoms with van der Waals surface area (Å²) in [6.07, 6.45) is 1.55. The number of piperazine rings is 1. The number of nitrogens with zero attached hydrogens (tertiary/aromatic N) is 5. The molecule has 4 rings (SSSR count). The molecule has 1 N–H and O–H groups in total. The molecule has 0 bridgehead atoms. The molecule has 0 atom stereocenters. The van der Waals surface area contributed by atoms with Gasteiger partial charge in [0, 0.05) is 31.2 Å². The molecule has 0 unspecified atom stereocenters. The molecule has 1 aliphatic heterocycles. The maximum Gasteiger partial charge on any atom is 0.263 e. The number of benzene rings is 1. The Morgan fingerprint density at radius 3 is 2.48 bits per heavy atom. The predicted molar refractivity (Wildman–Crippen MR) is 119 cm³/mol. The molecule has 164 valence electrons. The normalized spacial score (nSPS) is 14.8. The number of carbonyl (C=O) groups excluding carboxylic acids is 1. The smallest absolute Gasteiger partial charge is 0.263 e. The van der Waals surface area contributed by atoms with Crippen LogP contribution in [-0.2, 0) is 10.3 Å². The molecule has 1 fully saturated rings. The lowest BCUT2D eigenvalue weighted by Gasteiger charge is -2.35. The van der Waals surface area contributed by atoms with Crippen molar-refractivity contribution < 1.29 is 9.53 Å². The number of carbonyl (C=O) groups is 1. The summed E-state index contributed by atoms with van der Waals surface area (Å²) in [7, 11) is 0. The fourth-order valence-corrected chi connectivity index (χ4v) is 3.61. The van der Waals surface area contributed by atoms with E-state index in [1.807, 2.05) is 25.7 Å². The van der Waals surface area contributed by atoms with Crippen LogP contribution in [0.2, 0.25) is 5.02 Å². The Balaban J connectivity index is 1.41. The first-order chi connectivity index (χ1) is 14.7. The van der Waals surface area contributed by atoms with Crippen molar-refractivity contribution in [3.8, 4) is 5.75 Å². The van der Waals surface area contributed by atoms with Gasteiger partial charge in [0.05, 0.1) is 11.7 Å². The van der Waals surface area contributed by atoms with E-state index >= 15 is 0 Å². The summed E-state index contributed by atoms with van der Waals surface area (Å²) in [5, 5.41) is 5.42. The molecular weight excluding hydrogens is 420 g/mol. The van der Waals surface area contributed by atoms with E-state index in [1.54, 1.807) is 40.0 Å². The summed E-state index contributed by atoms with van der Waals surface area (Å²) in [5.41, 5.74) is 0.0427. The second-order valence-corrected chi connectivity index (χ2v) is 8.90. The van der Waals surface area contributed by atoms with E-state index in [0.29, 0.717) is 53.9 Å². The van der Waals surface area contributed by atoms with E-state index in [2.05, 4.69) is 15.1 Å². The van der Waals surface area contributed by atoms with Crippen molar-refractivity contribution in [2.45, 2.75) is 26.3 Å². The molecule has 0 saturated carbocycles. The lowest BCUT2D eigenvalue weighted by atomic mass is 10.1. The quantitative estimate of drug-likeness (QED) is 0.663. The number of rotatable bonds is 4. The van der Waals surface area contributed by atoms with E-state index in [-0.39, 0.29) is 23.6 Å². The Morgan fingerprint density at radius 2 is 1.84 bits per heavy atom. The number of aromatic nitrogens is 4. The van der Waals surface area contributed by atoms with Gasteiger partial charge in [-0.05, 0) is 45.0 Å². The second kappa shape index (κ2) is 8.22. The SMILES string of the molecule is CC(C)(C)n1ncc2c(=O)[nH]c(N3CCN(C(=O)COc4ccc(Cl)cc4)CC3)nc21. The van der Waals surface area contributed by atoms with Crippen LogP contribution in [0, 0.1) is 0 Å². The summed E-state index contributed by atoms with van der Waals surface area (Å²) in [6, 6.07) is 6.90. The van der Waals surface area contributed by atoms with Crippen LogP contribution in [0.5, 0.6) is 5.75 Å². The van der Waals surface area contributed by atoms with Crippen LogP contribution >= 0.6 is 11.6 Å². The lowest BCUT2D eigenvalue weighted by Crippen LogP contribution is -2.50. The molecule has 1 aliphatic rings. The van der Waals surface area contributed by atoms with Crippen molar-refractivity contribution in [3.63, 3.8) is 0 Å². The number of hydrogen-bond acceptors (Lipinski definition) is 6. The fraction of sp³-hybridized carbons (Fsp3) is 0.429. The van der Waals surface area contributed by atoms with Crippen molar-refractivity contribution in [1.29, 1.82) is 0 Å². The highest BCUT2D eigenvalue weighted by Crippen LogP contribution is 2.20. The van der Waals surface area contributed by atoms with Gasteiger partial charge in [0.1, 0.15) is 11.1 Å². The highest BCUT2D eigenvalue weighted by molar-refractivity contribution is 6.30. The maximum atomic E-state index is 12.5. The summed E-state index contributed by atoms with van der Waals surface area (Å²) in [6.45, 7) is 8.16. The molecule has 2 aromatic heterocycles. The Morgan fingerprint density at radius 1 is 1.16 bits per heavy atom. The minimum atomic E-state index is -0.297. The van der Waals surface area contributed by atoms with E-state index in [9.17, 15) is 9.59 Å². The summed E-state index contributed by atoms with van der Waals surface area (Å²) >= 11 is 5.86. The molecule has 0 aliphatic carbocycles. The molecule has 1 saturated heterocycles. The minimum Gasteiger partial charge on any atom is -0.484 e. The van der Waals surface area contributed by atoms with Crippen molar-refractivity contribution in [3.05, 3.63) is 45.8 Å². The number of ether oxygens (including phenoxy) is 1. The van der Waals surface area contributed by atoms with Gasteiger partial charge in [0.25, 0.3) is 11.5 Å². The van der Waals surface area contributed by atoms with Crippen molar-refractivity contribution in [2.75, 3.05) is 37.7 Å². The van der Waals surface area contributed by atoms with Gasteiger partial charge in [-0.3, -0.25) is 14.6 Å². The zero-order chi connectivity index (χ0) is 22.2. The minimum absolute atomic E-state index is 0.0343. The first-order valence-electron chi connectivity index (χ1n) is 10.1. The monoisotopic (exact) mass is 444 g/mol. The van der Waals surface area contributed by atoms with Gasteiger partial charge in [-0.1, -0.05) is 11.6 Å². The van der Waals surface area contributed by atoms with Crippen LogP contribution in [0.1, 0.15) is 20.8 Å². The zero-order valence-corrected chi connectivity index (χ0v) is 18.5. The number of aromatic amines is 1. The number of anilines is 1. The van der Waals surface area contributed by atoms with Gasteiger partial charge in [-0.15, -0.1) is 0 Å². The third-order valence-electron chi connectivity index (χ3n) is 5.17. The summed E-state index contributed by atoms with van der Waals surface area (Å²) in [4.78, 5) is 36.3. The predicted octanol–water partition coefficient (Wildman–Crippen LogP) is 2.26. The van der Waals surface area contributed by atoms with E-state index in [1.165, 1.54) is 0 Å². The highest BCUT2D eigenvalue weighted by Gasteiger charge is 2.25. The first-order valence-corrected chi connectivity index (χ1v) is 10.5. The standard InChI is InChI=1S/C21H25ClN6O3/c1-21(2,3)28-18-16(12-23-28)19(30)25-20(24-18)27-10-8-26(9-11-27)17(29)13-31-15-6-4-14(22)5-7-15/h4-7,12H,8-11,13H2,1-3H3,(H,24,25,30).